The Bertz CT molecular complexity index is 880. The summed E-state index contributed by atoms with van der Waals surface area (Å²) < 4.78 is 32.0. The maximum atomic E-state index is 13.2. The molecule has 0 bridgehead atoms. The molecule has 5 heteroatoms. The van der Waals surface area contributed by atoms with E-state index in [1.54, 1.807) is 0 Å². The fraction of sp³-hybridized carbons (Fsp3) is 0.643. The Labute approximate surface area is 233 Å². The van der Waals surface area contributed by atoms with Crippen molar-refractivity contribution in [1.29, 1.82) is 0 Å². The van der Waals surface area contributed by atoms with E-state index in [9.17, 15) is 8.42 Å². The fourth-order valence-electron chi connectivity index (χ4n) is 4.34. The summed E-state index contributed by atoms with van der Waals surface area (Å²) in [6.45, 7) is 4.72. The fourth-order valence-corrected chi connectivity index (χ4v) is 5.74. The summed E-state index contributed by atoms with van der Waals surface area (Å²) >= 11 is 0. The second-order valence-electron chi connectivity index (χ2n) is 9.04. The van der Waals surface area contributed by atoms with E-state index in [0.717, 1.165) is 54.9 Å². The molecule has 2 aromatic rings. The standard InChI is InChI=1S/C28H44O3S.Ca.2H/c1-3-5-7-9-11-13-15-20-26-23-22-25-19-16-17-21-27(25)28(26)32(29,30)31-24-18-14-12-10-8-6-4-2;;;/h16-17,19,21-23H,3-15,18,20,24H2,1-2H3;;;. The molecule has 0 saturated heterocycles. The Morgan fingerprint density at radius 3 is 1.85 bits per heavy atom. The van der Waals surface area contributed by atoms with Crippen LogP contribution in [0.4, 0.5) is 0 Å². The minimum absolute atomic E-state index is 0. The van der Waals surface area contributed by atoms with Crippen molar-refractivity contribution in [3.8, 4) is 0 Å². The zero-order valence-corrected chi connectivity index (χ0v) is 21.2. The molecule has 0 aliphatic heterocycles. The molecular weight excluding hydrogens is 456 g/mol. The van der Waals surface area contributed by atoms with E-state index in [-0.39, 0.29) is 44.3 Å². The number of benzene rings is 2. The maximum absolute atomic E-state index is 13.2. The molecule has 0 N–H and O–H groups in total. The van der Waals surface area contributed by atoms with Gasteiger partial charge in [0.25, 0.3) is 10.1 Å². The number of fused-ring (bicyclic) bond motifs is 1. The summed E-state index contributed by atoms with van der Waals surface area (Å²) in [5, 5.41) is 1.74. The Morgan fingerprint density at radius 2 is 1.21 bits per heavy atom. The summed E-state index contributed by atoms with van der Waals surface area (Å²) in [7, 11) is -3.77. The van der Waals surface area contributed by atoms with Gasteiger partial charge in [0.2, 0.25) is 0 Å². The molecular formula is C28H46CaO3S. The topological polar surface area (TPSA) is 43.4 Å². The van der Waals surface area contributed by atoms with E-state index >= 15 is 0 Å². The summed E-state index contributed by atoms with van der Waals surface area (Å²) in [5.74, 6) is 0. The van der Waals surface area contributed by atoms with Crippen LogP contribution >= 0.6 is 0 Å². The van der Waals surface area contributed by atoms with Crippen LogP contribution in [0.5, 0.6) is 0 Å². The van der Waals surface area contributed by atoms with Crippen molar-refractivity contribution < 1.29 is 12.6 Å². The third-order valence-corrected chi connectivity index (χ3v) is 7.71. The van der Waals surface area contributed by atoms with Gasteiger partial charge in [-0.25, -0.2) is 0 Å². The van der Waals surface area contributed by atoms with Gasteiger partial charge in [-0.2, -0.15) is 8.42 Å². The second-order valence-corrected chi connectivity index (χ2v) is 10.6. The van der Waals surface area contributed by atoms with Gasteiger partial charge < -0.3 is 0 Å². The molecule has 0 aliphatic carbocycles. The van der Waals surface area contributed by atoms with Crippen LogP contribution < -0.4 is 0 Å². The molecule has 0 saturated carbocycles. The normalized spacial score (nSPS) is 11.6. The molecule has 0 heterocycles. The zero-order chi connectivity index (χ0) is 23.1. The van der Waals surface area contributed by atoms with Crippen molar-refractivity contribution in [3.63, 3.8) is 0 Å². The zero-order valence-electron chi connectivity index (χ0n) is 20.4. The molecule has 0 fully saturated rings. The summed E-state index contributed by atoms with van der Waals surface area (Å²) in [6.07, 6.45) is 17.3. The monoisotopic (exact) mass is 502 g/mol. The van der Waals surface area contributed by atoms with Gasteiger partial charge in [0.05, 0.1) is 6.61 Å². The Balaban J connectivity index is 0.00000544. The first kappa shape index (κ1) is 30.9. The van der Waals surface area contributed by atoms with E-state index < -0.39 is 10.1 Å². The average molecular weight is 503 g/mol. The van der Waals surface area contributed by atoms with Crippen LogP contribution in [0.2, 0.25) is 0 Å². The van der Waals surface area contributed by atoms with Gasteiger partial charge in [0.1, 0.15) is 4.90 Å². The Hall–Kier alpha value is -0.130. The Morgan fingerprint density at radius 1 is 0.667 bits per heavy atom. The van der Waals surface area contributed by atoms with Crippen LogP contribution in [0.15, 0.2) is 41.3 Å². The third kappa shape index (κ3) is 11.4. The van der Waals surface area contributed by atoms with E-state index in [1.165, 1.54) is 57.8 Å². The number of hydrogen-bond acceptors (Lipinski definition) is 3. The molecule has 0 aliphatic rings. The molecule has 33 heavy (non-hydrogen) atoms. The molecule has 0 aromatic heterocycles. The summed E-state index contributed by atoms with van der Waals surface area (Å²) in [4.78, 5) is 0.393. The van der Waals surface area contributed by atoms with Gasteiger partial charge in [0.15, 0.2) is 0 Å². The molecule has 0 unspecified atom stereocenters. The van der Waals surface area contributed by atoms with Crippen molar-refractivity contribution in [3.05, 3.63) is 42.0 Å². The van der Waals surface area contributed by atoms with Crippen molar-refractivity contribution in [2.24, 2.45) is 0 Å². The van der Waals surface area contributed by atoms with Gasteiger partial charge >= 0.3 is 37.7 Å². The van der Waals surface area contributed by atoms with Crippen LogP contribution in [0, 0.1) is 0 Å². The average Bonchev–Trinajstić information content (AvgIpc) is 2.79. The van der Waals surface area contributed by atoms with E-state index in [2.05, 4.69) is 13.8 Å². The number of unbranched alkanes of at least 4 members (excludes halogenated alkanes) is 12. The van der Waals surface area contributed by atoms with E-state index in [0.29, 0.717) is 4.90 Å². The van der Waals surface area contributed by atoms with Gasteiger partial charge in [-0.1, -0.05) is 127 Å². The van der Waals surface area contributed by atoms with Gasteiger partial charge in [0, 0.05) is 5.39 Å². The first-order valence-corrected chi connectivity index (χ1v) is 14.4. The SMILES string of the molecule is CCCCCCCCCOS(=O)(=O)c1c(CCCCCCCCC)ccc2ccccc12.[CaH2]. The molecule has 0 radical (unpaired) electrons. The van der Waals surface area contributed by atoms with E-state index in [1.807, 2.05) is 36.4 Å². The Kier molecular flexibility index (Phi) is 17.0. The quantitative estimate of drug-likeness (QED) is 0.119. The van der Waals surface area contributed by atoms with Crippen LogP contribution in [0.1, 0.15) is 109 Å². The van der Waals surface area contributed by atoms with Gasteiger partial charge in [-0.05, 0) is 30.2 Å². The minimum atomic E-state index is -3.77. The number of aryl methyl sites for hydroxylation is 1. The van der Waals surface area contributed by atoms with Crippen LogP contribution in [0.3, 0.4) is 0 Å². The van der Waals surface area contributed by atoms with Crippen molar-refractivity contribution in [1.82, 2.24) is 0 Å². The van der Waals surface area contributed by atoms with E-state index in [4.69, 9.17) is 4.18 Å². The predicted molar refractivity (Wildman–Crippen MR) is 145 cm³/mol. The molecule has 184 valence electrons. The van der Waals surface area contributed by atoms with Gasteiger partial charge in [-0.3, -0.25) is 4.18 Å². The molecule has 0 amide bonds. The van der Waals surface area contributed by atoms with Gasteiger partial charge in [-0.15, -0.1) is 0 Å². The van der Waals surface area contributed by atoms with Crippen LogP contribution in [0.25, 0.3) is 10.8 Å². The number of rotatable bonds is 18. The van der Waals surface area contributed by atoms with Crippen molar-refractivity contribution >= 4 is 58.6 Å². The molecule has 0 atom stereocenters. The van der Waals surface area contributed by atoms with Crippen molar-refractivity contribution in [2.75, 3.05) is 6.61 Å². The molecule has 2 rings (SSSR count). The molecule has 3 nitrogen and oxygen atoms in total. The van der Waals surface area contributed by atoms with Crippen LogP contribution in [-0.2, 0) is 20.7 Å². The first-order valence-electron chi connectivity index (χ1n) is 13.0. The molecule has 2 aromatic carbocycles. The predicted octanol–water partition coefficient (Wildman–Crippen LogP) is 7.67. The van der Waals surface area contributed by atoms with Crippen LogP contribution in [-0.4, -0.2) is 52.8 Å². The third-order valence-electron chi connectivity index (χ3n) is 6.25. The summed E-state index contributed by atoms with van der Waals surface area (Å²) in [5.41, 5.74) is 0.900. The number of hydrogen-bond donors (Lipinski definition) is 0. The van der Waals surface area contributed by atoms with Crippen molar-refractivity contribution in [2.45, 2.75) is 115 Å². The molecule has 0 spiro atoms. The first-order chi connectivity index (χ1) is 15.6. The second kappa shape index (κ2) is 18.2. The summed E-state index contributed by atoms with van der Waals surface area (Å²) in [6, 6.07) is 11.8.